The van der Waals surface area contributed by atoms with E-state index in [1.54, 1.807) is 0 Å². The van der Waals surface area contributed by atoms with Crippen LogP contribution in [-0.4, -0.2) is 36.6 Å². The molecule has 0 bridgehead atoms. The van der Waals surface area contributed by atoms with E-state index in [4.69, 9.17) is 4.74 Å². The Hall–Kier alpha value is -1.56. The number of nitrogens with zero attached hydrogens (tertiary/aromatic N) is 1. The van der Waals surface area contributed by atoms with Crippen molar-refractivity contribution >= 4 is 5.91 Å². The van der Waals surface area contributed by atoms with Crippen LogP contribution in [0, 0.1) is 17.5 Å². The first-order chi connectivity index (χ1) is 9.52. The fourth-order valence-corrected chi connectivity index (χ4v) is 2.36. The van der Waals surface area contributed by atoms with Gasteiger partial charge in [-0.3, -0.25) is 4.79 Å². The Morgan fingerprint density at radius 3 is 2.60 bits per heavy atom. The maximum absolute atomic E-state index is 13.2. The molecule has 1 aliphatic heterocycles. The van der Waals surface area contributed by atoms with Crippen LogP contribution in [0.15, 0.2) is 12.1 Å². The Kier molecular flexibility index (Phi) is 4.65. The third-order valence-corrected chi connectivity index (χ3v) is 3.30. The van der Waals surface area contributed by atoms with E-state index in [1.165, 1.54) is 4.90 Å². The smallest absolute Gasteiger partial charge is 0.254 e. The van der Waals surface area contributed by atoms with Crippen molar-refractivity contribution < 1.29 is 22.7 Å². The lowest BCUT2D eigenvalue weighted by Gasteiger charge is -2.32. The van der Waals surface area contributed by atoms with Crippen LogP contribution in [0.1, 0.15) is 30.1 Å². The van der Waals surface area contributed by atoms with Crippen molar-refractivity contribution in [3.05, 3.63) is 35.1 Å². The Morgan fingerprint density at radius 2 is 2.00 bits per heavy atom. The molecular formula is C14H16F3NO2. The van der Waals surface area contributed by atoms with Gasteiger partial charge in [-0.05, 0) is 31.9 Å². The molecule has 1 aromatic carbocycles. The van der Waals surface area contributed by atoms with Crippen LogP contribution in [0.4, 0.5) is 13.2 Å². The molecule has 20 heavy (non-hydrogen) atoms. The molecule has 1 fully saturated rings. The summed E-state index contributed by atoms with van der Waals surface area (Å²) < 4.78 is 44.7. The largest absolute Gasteiger partial charge is 0.377 e. The van der Waals surface area contributed by atoms with Crippen molar-refractivity contribution in [2.45, 2.75) is 25.9 Å². The van der Waals surface area contributed by atoms with Gasteiger partial charge < -0.3 is 9.64 Å². The van der Waals surface area contributed by atoms with Gasteiger partial charge in [-0.2, -0.15) is 0 Å². The van der Waals surface area contributed by atoms with Crippen LogP contribution >= 0.6 is 0 Å². The number of hydrogen-bond acceptors (Lipinski definition) is 2. The van der Waals surface area contributed by atoms with Crippen LogP contribution in [0.3, 0.4) is 0 Å². The molecule has 2 rings (SSSR count). The summed E-state index contributed by atoms with van der Waals surface area (Å²) in [4.78, 5) is 13.7. The molecule has 0 N–H and O–H groups in total. The van der Waals surface area contributed by atoms with Crippen LogP contribution in [0.5, 0.6) is 0 Å². The monoisotopic (exact) mass is 287 g/mol. The molecule has 1 saturated heterocycles. The summed E-state index contributed by atoms with van der Waals surface area (Å²) in [6, 6.07) is 1.45. The van der Waals surface area contributed by atoms with E-state index < -0.39 is 23.4 Å². The van der Waals surface area contributed by atoms with E-state index in [9.17, 15) is 18.0 Å². The Labute approximate surface area is 115 Å². The van der Waals surface area contributed by atoms with Gasteiger partial charge in [0.05, 0.1) is 6.10 Å². The molecule has 3 nitrogen and oxygen atoms in total. The van der Waals surface area contributed by atoms with Crippen LogP contribution < -0.4 is 0 Å². The Morgan fingerprint density at radius 1 is 1.35 bits per heavy atom. The highest BCUT2D eigenvalue weighted by Crippen LogP contribution is 2.19. The second kappa shape index (κ2) is 6.26. The summed E-state index contributed by atoms with van der Waals surface area (Å²) in [5.41, 5.74) is -0.182. The number of ether oxygens (including phenoxy) is 1. The zero-order valence-corrected chi connectivity index (χ0v) is 11.2. The summed E-state index contributed by atoms with van der Waals surface area (Å²) >= 11 is 0. The fraction of sp³-hybridized carbons (Fsp3) is 0.500. The van der Waals surface area contributed by atoms with Gasteiger partial charge in [-0.25, -0.2) is 13.2 Å². The molecule has 1 heterocycles. The zero-order valence-electron chi connectivity index (χ0n) is 11.2. The predicted molar refractivity (Wildman–Crippen MR) is 66.9 cm³/mol. The second-order valence-electron chi connectivity index (χ2n) is 4.72. The molecule has 0 saturated carbocycles. The molecule has 0 aromatic heterocycles. The van der Waals surface area contributed by atoms with Gasteiger partial charge in [-0.1, -0.05) is 0 Å². The van der Waals surface area contributed by atoms with E-state index in [-0.39, 0.29) is 11.7 Å². The van der Waals surface area contributed by atoms with E-state index in [2.05, 4.69) is 0 Å². The van der Waals surface area contributed by atoms with Gasteiger partial charge in [0.2, 0.25) is 0 Å². The summed E-state index contributed by atoms with van der Waals surface area (Å²) in [5, 5.41) is 0. The van der Waals surface area contributed by atoms with Gasteiger partial charge in [0.25, 0.3) is 5.91 Å². The number of carbonyl (C=O) groups excluding carboxylic acids is 1. The quantitative estimate of drug-likeness (QED) is 0.800. The van der Waals surface area contributed by atoms with Crippen molar-refractivity contribution in [3.8, 4) is 0 Å². The molecule has 110 valence electrons. The molecule has 1 unspecified atom stereocenters. The molecule has 1 atom stereocenters. The first-order valence-corrected chi connectivity index (χ1v) is 6.58. The molecule has 0 radical (unpaired) electrons. The zero-order chi connectivity index (χ0) is 14.7. The Balaban J connectivity index is 2.14. The van der Waals surface area contributed by atoms with Gasteiger partial charge in [0, 0.05) is 25.3 Å². The fourth-order valence-electron chi connectivity index (χ4n) is 2.36. The van der Waals surface area contributed by atoms with Crippen molar-refractivity contribution in [2.75, 3.05) is 19.7 Å². The van der Waals surface area contributed by atoms with Gasteiger partial charge >= 0.3 is 0 Å². The maximum Gasteiger partial charge on any atom is 0.254 e. The second-order valence-corrected chi connectivity index (χ2v) is 4.72. The SMILES string of the molecule is CCOC1CCCN(C(=O)c2cc(F)c(F)c(F)c2)C1. The third kappa shape index (κ3) is 3.12. The van der Waals surface area contributed by atoms with E-state index in [0.29, 0.717) is 19.7 Å². The van der Waals surface area contributed by atoms with Crippen LogP contribution in [0.25, 0.3) is 0 Å². The minimum absolute atomic E-state index is 0.0622. The number of hydrogen-bond donors (Lipinski definition) is 0. The lowest BCUT2D eigenvalue weighted by atomic mass is 10.1. The molecule has 0 spiro atoms. The minimum Gasteiger partial charge on any atom is -0.377 e. The first kappa shape index (κ1) is 14.8. The molecule has 6 heteroatoms. The Bertz CT molecular complexity index is 482. The number of amides is 1. The highest BCUT2D eigenvalue weighted by atomic mass is 19.2. The van der Waals surface area contributed by atoms with Gasteiger partial charge in [-0.15, -0.1) is 0 Å². The number of rotatable bonds is 3. The van der Waals surface area contributed by atoms with E-state index in [0.717, 1.165) is 25.0 Å². The van der Waals surface area contributed by atoms with Gasteiger partial charge in [0.1, 0.15) is 0 Å². The number of piperidine rings is 1. The standard InChI is InChI=1S/C14H16F3NO2/c1-2-20-10-4-3-5-18(8-10)14(19)9-6-11(15)13(17)12(16)7-9/h6-7,10H,2-5,8H2,1H3. The maximum atomic E-state index is 13.2. The van der Waals surface area contributed by atoms with E-state index >= 15 is 0 Å². The van der Waals surface area contributed by atoms with E-state index in [1.807, 2.05) is 6.92 Å². The number of benzene rings is 1. The topological polar surface area (TPSA) is 29.5 Å². The number of likely N-dealkylation sites (tertiary alicyclic amines) is 1. The summed E-state index contributed by atoms with van der Waals surface area (Å²) in [7, 11) is 0. The van der Waals surface area contributed by atoms with Crippen molar-refractivity contribution in [1.82, 2.24) is 4.90 Å². The average Bonchev–Trinajstić information content (AvgIpc) is 2.44. The number of carbonyl (C=O) groups is 1. The molecular weight excluding hydrogens is 271 g/mol. The van der Waals surface area contributed by atoms with Crippen molar-refractivity contribution in [1.29, 1.82) is 0 Å². The van der Waals surface area contributed by atoms with Crippen LogP contribution in [-0.2, 0) is 4.74 Å². The summed E-state index contributed by atoms with van der Waals surface area (Å²) in [6.07, 6.45) is 1.56. The van der Waals surface area contributed by atoms with Crippen molar-refractivity contribution in [3.63, 3.8) is 0 Å². The minimum atomic E-state index is -1.56. The molecule has 1 amide bonds. The average molecular weight is 287 g/mol. The lowest BCUT2D eigenvalue weighted by molar-refractivity contribution is 0.00721. The normalized spacial score (nSPS) is 19.2. The highest BCUT2D eigenvalue weighted by Gasteiger charge is 2.26. The summed E-state index contributed by atoms with van der Waals surface area (Å²) in [6.45, 7) is 3.30. The number of halogens is 3. The first-order valence-electron chi connectivity index (χ1n) is 6.58. The predicted octanol–water partition coefficient (Wildman–Crippen LogP) is 2.75. The summed E-state index contributed by atoms with van der Waals surface area (Å²) in [5.74, 6) is -4.78. The molecule has 1 aliphatic rings. The molecule has 0 aliphatic carbocycles. The molecule has 1 aromatic rings. The van der Waals surface area contributed by atoms with Gasteiger partial charge in [0.15, 0.2) is 17.5 Å². The third-order valence-electron chi connectivity index (χ3n) is 3.30. The van der Waals surface area contributed by atoms with Crippen molar-refractivity contribution in [2.24, 2.45) is 0 Å². The van der Waals surface area contributed by atoms with Crippen LogP contribution in [0.2, 0.25) is 0 Å². The highest BCUT2D eigenvalue weighted by molar-refractivity contribution is 5.94. The lowest BCUT2D eigenvalue weighted by Crippen LogP contribution is -2.43.